The number of ether oxygens (including phenoxy) is 1. The van der Waals surface area contributed by atoms with Gasteiger partial charge in [-0.2, -0.15) is 0 Å². The molecule has 0 spiro atoms. The molecule has 0 bridgehead atoms. The summed E-state index contributed by atoms with van der Waals surface area (Å²) in [5, 5.41) is 2.86. The molecule has 30 heavy (non-hydrogen) atoms. The highest BCUT2D eigenvalue weighted by Crippen LogP contribution is 2.39. The number of carbonyl (C=O) groups is 1. The lowest BCUT2D eigenvalue weighted by Gasteiger charge is -2.36. The van der Waals surface area contributed by atoms with Crippen LogP contribution in [0, 0.1) is 0 Å². The molecule has 154 valence electrons. The summed E-state index contributed by atoms with van der Waals surface area (Å²) in [6.07, 6.45) is 5.21. The summed E-state index contributed by atoms with van der Waals surface area (Å²) >= 11 is 0. The number of hydrogen-bond acceptors (Lipinski definition) is 5. The molecule has 3 heterocycles. The summed E-state index contributed by atoms with van der Waals surface area (Å²) in [5.74, 6) is 0.780. The summed E-state index contributed by atoms with van der Waals surface area (Å²) in [7, 11) is 1.69. The maximum Gasteiger partial charge on any atom is 0.246 e. The smallest absolute Gasteiger partial charge is 0.246 e. The average Bonchev–Trinajstić information content (AvgIpc) is 3.23. The van der Waals surface area contributed by atoms with Gasteiger partial charge in [0.05, 0.1) is 11.4 Å². The summed E-state index contributed by atoms with van der Waals surface area (Å²) in [4.78, 5) is 24.1. The van der Waals surface area contributed by atoms with Crippen LogP contribution in [0.3, 0.4) is 0 Å². The van der Waals surface area contributed by atoms with Crippen LogP contribution in [0.25, 0.3) is 0 Å². The normalized spacial score (nSPS) is 18.8. The Morgan fingerprint density at radius 3 is 2.67 bits per heavy atom. The standard InChI is InChI=1S/C24H26N4O2/c1-25-23(29)24(22-11-3-5-14-27-22)12-7-15-28(24)17-19-8-6-10-21(16-19)30-18-20-9-2-4-13-26-20/h2-6,8-11,13-14,16H,7,12,15,17-18H2,1H3,(H,25,29)/t24-/m1/s1. The van der Waals surface area contributed by atoms with Crippen LogP contribution in [0.15, 0.2) is 73.1 Å². The van der Waals surface area contributed by atoms with E-state index < -0.39 is 5.54 Å². The molecule has 1 aliphatic heterocycles. The molecule has 1 saturated heterocycles. The van der Waals surface area contributed by atoms with Crippen molar-refractivity contribution in [1.82, 2.24) is 20.2 Å². The highest BCUT2D eigenvalue weighted by molar-refractivity contribution is 5.87. The molecule has 6 heteroatoms. The van der Waals surface area contributed by atoms with Gasteiger partial charge in [-0.05, 0) is 61.3 Å². The molecule has 0 saturated carbocycles. The van der Waals surface area contributed by atoms with Gasteiger partial charge in [-0.25, -0.2) is 0 Å². The summed E-state index contributed by atoms with van der Waals surface area (Å²) in [6.45, 7) is 1.90. The lowest BCUT2D eigenvalue weighted by Crippen LogP contribution is -2.52. The number of carbonyl (C=O) groups excluding carboxylic acids is 1. The van der Waals surface area contributed by atoms with Crippen molar-refractivity contribution in [3.63, 3.8) is 0 Å². The molecule has 1 N–H and O–H groups in total. The van der Waals surface area contributed by atoms with Gasteiger partial charge in [-0.15, -0.1) is 0 Å². The molecule has 1 aromatic carbocycles. The minimum atomic E-state index is -0.749. The van der Waals surface area contributed by atoms with Crippen molar-refractivity contribution in [3.05, 3.63) is 90.0 Å². The number of amides is 1. The SMILES string of the molecule is CNC(=O)[C@]1(c2ccccn2)CCCN1Cc1cccc(OCc2ccccn2)c1. The molecule has 1 aliphatic rings. The van der Waals surface area contributed by atoms with E-state index in [1.807, 2.05) is 54.6 Å². The van der Waals surface area contributed by atoms with Gasteiger partial charge in [0, 0.05) is 26.0 Å². The Kier molecular flexibility index (Phi) is 6.05. The van der Waals surface area contributed by atoms with Gasteiger partial charge in [-0.1, -0.05) is 24.3 Å². The molecule has 6 nitrogen and oxygen atoms in total. The van der Waals surface area contributed by atoms with Crippen LogP contribution in [0.5, 0.6) is 5.75 Å². The molecule has 1 atom stereocenters. The Morgan fingerprint density at radius 2 is 1.93 bits per heavy atom. The van der Waals surface area contributed by atoms with Crippen LogP contribution in [0.1, 0.15) is 29.8 Å². The average molecular weight is 402 g/mol. The summed E-state index contributed by atoms with van der Waals surface area (Å²) in [6, 6.07) is 19.6. The third-order valence-electron chi connectivity index (χ3n) is 5.58. The zero-order valence-corrected chi connectivity index (χ0v) is 17.1. The number of pyridine rings is 2. The van der Waals surface area contributed by atoms with Gasteiger partial charge >= 0.3 is 0 Å². The van der Waals surface area contributed by atoms with Gasteiger partial charge < -0.3 is 10.1 Å². The molecule has 0 unspecified atom stereocenters. The predicted molar refractivity (Wildman–Crippen MR) is 115 cm³/mol. The fourth-order valence-corrected chi connectivity index (χ4v) is 4.16. The minimum absolute atomic E-state index is 0.0127. The first-order valence-electron chi connectivity index (χ1n) is 10.2. The van der Waals surface area contributed by atoms with Crippen molar-refractivity contribution < 1.29 is 9.53 Å². The Bertz CT molecular complexity index is 981. The number of nitrogens with zero attached hydrogens (tertiary/aromatic N) is 3. The van der Waals surface area contributed by atoms with Gasteiger partial charge in [-0.3, -0.25) is 19.7 Å². The monoisotopic (exact) mass is 402 g/mol. The fourth-order valence-electron chi connectivity index (χ4n) is 4.16. The van der Waals surface area contributed by atoms with E-state index in [1.165, 1.54) is 0 Å². The second-order valence-electron chi connectivity index (χ2n) is 7.44. The van der Waals surface area contributed by atoms with E-state index in [2.05, 4.69) is 26.3 Å². The maximum absolute atomic E-state index is 13.0. The third kappa shape index (κ3) is 4.04. The van der Waals surface area contributed by atoms with Crippen molar-refractivity contribution >= 4 is 5.91 Å². The van der Waals surface area contributed by atoms with E-state index in [-0.39, 0.29) is 5.91 Å². The second kappa shape index (κ2) is 9.05. The molecule has 0 radical (unpaired) electrons. The molecular weight excluding hydrogens is 376 g/mol. The Balaban J connectivity index is 1.54. The van der Waals surface area contributed by atoms with Crippen LogP contribution in [-0.2, 0) is 23.5 Å². The number of likely N-dealkylation sites (tertiary alicyclic amines) is 1. The highest BCUT2D eigenvalue weighted by atomic mass is 16.5. The van der Waals surface area contributed by atoms with Gasteiger partial charge in [0.2, 0.25) is 5.91 Å². The second-order valence-corrected chi connectivity index (χ2v) is 7.44. The first-order chi connectivity index (χ1) is 14.7. The van der Waals surface area contributed by atoms with Crippen molar-refractivity contribution in [3.8, 4) is 5.75 Å². The molecular formula is C24H26N4O2. The number of likely N-dealkylation sites (N-methyl/N-ethyl adjacent to an activating group) is 1. The molecule has 1 amide bonds. The number of benzene rings is 1. The van der Waals surface area contributed by atoms with Crippen LogP contribution >= 0.6 is 0 Å². The minimum Gasteiger partial charge on any atom is -0.487 e. The van der Waals surface area contributed by atoms with Crippen molar-refractivity contribution in [2.45, 2.75) is 31.5 Å². The maximum atomic E-state index is 13.0. The van der Waals surface area contributed by atoms with E-state index in [0.717, 1.165) is 42.1 Å². The lowest BCUT2D eigenvalue weighted by molar-refractivity contribution is -0.132. The van der Waals surface area contributed by atoms with Crippen molar-refractivity contribution in [2.24, 2.45) is 0 Å². The summed E-state index contributed by atoms with van der Waals surface area (Å²) in [5.41, 5.74) is 2.03. The van der Waals surface area contributed by atoms with E-state index in [4.69, 9.17) is 4.74 Å². The van der Waals surface area contributed by atoms with Gasteiger partial charge in [0.15, 0.2) is 0 Å². The Hall–Kier alpha value is -3.25. The van der Waals surface area contributed by atoms with Gasteiger partial charge in [0.1, 0.15) is 17.9 Å². The van der Waals surface area contributed by atoms with Gasteiger partial charge in [0.25, 0.3) is 0 Å². The van der Waals surface area contributed by atoms with Crippen LogP contribution in [0.2, 0.25) is 0 Å². The first kappa shape index (κ1) is 20.0. The fraction of sp³-hybridized carbons (Fsp3) is 0.292. The topological polar surface area (TPSA) is 67.4 Å². The number of rotatable bonds is 7. The Labute approximate surface area is 176 Å². The first-order valence-corrected chi connectivity index (χ1v) is 10.2. The van der Waals surface area contributed by atoms with E-state index >= 15 is 0 Å². The third-order valence-corrected chi connectivity index (χ3v) is 5.58. The zero-order valence-electron chi connectivity index (χ0n) is 17.1. The highest BCUT2D eigenvalue weighted by Gasteiger charge is 2.49. The lowest BCUT2D eigenvalue weighted by atomic mass is 9.89. The number of aromatic nitrogens is 2. The van der Waals surface area contributed by atoms with Crippen molar-refractivity contribution in [2.75, 3.05) is 13.6 Å². The molecule has 0 aliphatic carbocycles. The quantitative estimate of drug-likeness (QED) is 0.657. The van der Waals surface area contributed by atoms with Crippen LogP contribution in [-0.4, -0.2) is 34.4 Å². The van der Waals surface area contributed by atoms with E-state index in [9.17, 15) is 4.79 Å². The molecule has 1 fully saturated rings. The van der Waals surface area contributed by atoms with E-state index in [1.54, 1.807) is 19.4 Å². The van der Waals surface area contributed by atoms with Crippen molar-refractivity contribution in [1.29, 1.82) is 0 Å². The molecule has 3 aromatic rings. The molecule has 4 rings (SSSR count). The number of nitrogens with one attached hydrogen (secondary N) is 1. The predicted octanol–water partition coefficient (Wildman–Crippen LogP) is 3.29. The largest absolute Gasteiger partial charge is 0.487 e. The van der Waals surface area contributed by atoms with Crippen LogP contribution < -0.4 is 10.1 Å². The van der Waals surface area contributed by atoms with Crippen LogP contribution in [0.4, 0.5) is 0 Å². The molecule has 2 aromatic heterocycles. The Morgan fingerprint density at radius 1 is 1.10 bits per heavy atom. The summed E-state index contributed by atoms with van der Waals surface area (Å²) < 4.78 is 5.93. The zero-order chi connectivity index (χ0) is 20.8. The number of hydrogen-bond donors (Lipinski definition) is 1. The van der Waals surface area contributed by atoms with E-state index in [0.29, 0.717) is 13.2 Å².